The van der Waals surface area contributed by atoms with Crippen LogP contribution in [-0.2, 0) is 18.3 Å². The molecule has 0 radical (unpaired) electrons. The molecular formula is C11H13N3O2. The summed E-state index contributed by atoms with van der Waals surface area (Å²) in [5, 5.41) is 4.93. The molecule has 1 aromatic carbocycles. The van der Waals surface area contributed by atoms with Gasteiger partial charge in [0.1, 0.15) is 0 Å². The van der Waals surface area contributed by atoms with Crippen LogP contribution in [-0.4, -0.2) is 22.9 Å². The average molecular weight is 219 g/mol. The lowest BCUT2D eigenvalue weighted by atomic mass is 10.1. The van der Waals surface area contributed by atoms with E-state index in [0.29, 0.717) is 12.2 Å². The zero-order valence-corrected chi connectivity index (χ0v) is 9.23. The standard InChI is InChI=1S/C11H13N3O2/c1-14-8-5-3-4-7(6-12)9(8)10(13-14)11(15)16-2/h3-5H,6,12H2,1-2H3. The maximum atomic E-state index is 11.6. The van der Waals surface area contributed by atoms with Gasteiger partial charge in [0.2, 0.25) is 0 Å². The molecular weight excluding hydrogens is 206 g/mol. The van der Waals surface area contributed by atoms with Crippen molar-refractivity contribution >= 4 is 16.9 Å². The molecule has 2 rings (SSSR count). The second kappa shape index (κ2) is 3.94. The average Bonchev–Trinajstić information content (AvgIpc) is 2.66. The van der Waals surface area contributed by atoms with Gasteiger partial charge >= 0.3 is 5.97 Å². The van der Waals surface area contributed by atoms with Crippen molar-refractivity contribution in [1.82, 2.24) is 9.78 Å². The molecule has 2 N–H and O–H groups in total. The highest BCUT2D eigenvalue weighted by molar-refractivity contribution is 6.03. The SMILES string of the molecule is COC(=O)c1nn(C)c2cccc(CN)c12. The quantitative estimate of drug-likeness (QED) is 0.759. The van der Waals surface area contributed by atoms with Crippen molar-refractivity contribution in [3.05, 3.63) is 29.5 Å². The number of hydrogen-bond acceptors (Lipinski definition) is 4. The summed E-state index contributed by atoms with van der Waals surface area (Å²) >= 11 is 0. The number of methoxy groups -OCH3 is 1. The molecule has 0 saturated heterocycles. The Labute approximate surface area is 92.8 Å². The highest BCUT2D eigenvalue weighted by atomic mass is 16.5. The largest absolute Gasteiger partial charge is 0.464 e. The molecule has 0 aliphatic carbocycles. The van der Waals surface area contributed by atoms with E-state index in [1.807, 2.05) is 18.2 Å². The summed E-state index contributed by atoms with van der Waals surface area (Å²) in [6.07, 6.45) is 0. The van der Waals surface area contributed by atoms with E-state index in [-0.39, 0.29) is 0 Å². The molecule has 1 heterocycles. The molecule has 0 aliphatic rings. The first-order valence-corrected chi connectivity index (χ1v) is 4.92. The van der Waals surface area contributed by atoms with Crippen LogP contribution >= 0.6 is 0 Å². The Balaban J connectivity index is 2.79. The van der Waals surface area contributed by atoms with Crippen LogP contribution in [0.2, 0.25) is 0 Å². The van der Waals surface area contributed by atoms with E-state index in [4.69, 9.17) is 10.5 Å². The highest BCUT2D eigenvalue weighted by Gasteiger charge is 2.18. The highest BCUT2D eigenvalue weighted by Crippen LogP contribution is 2.22. The maximum absolute atomic E-state index is 11.6. The van der Waals surface area contributed by atoms with Gasteiger partial charge in [-0.15, -0.1) is 0 Å². The van der Waals surface area contributed by atoms with Gasteiger partial charge in [-0.05, 0) is 11.6 Å². The first-order valence-electron chi connectivity index (χ1n) is 4.92. The number of carbonyl (C=O) groups is 1. The number of hydrogen-bond donors (Lipinski definition) is 1. The summed E-state index contributed by atoms with van der Waals surface area (Å²) in [6.45, 7) is 0.368. The van der Waals surface area contributed by atoms with E-state index < -0.39 is 5.97 Å². The van der Waals surface area contributed by atoms with Crippen molar-refractivity contribution in [2.75, 3.05) is 7.11 Å². The Morgan fingerprint density at radius 2 is 2.31 bits per heavy atom. The van der Waals surface area contributed by atoms with Gasteiger partial charge in [0.25, 0.3) is 0 Å². The van der Waals surface area contributed by atoms with Gasteiger partial charge < -0.3 is 10.5 Å². The third-order valence-electron chi connectivity index (χ3n) is 2.56. The summed E-state index contributed by atoms with van der Waals surface area (Å²) < 4.78 is 6.36. The van der Waals surface area contributed by atoms with Crippen LogP contribution < -0.4 is 5.73 Å². The molecule has 0 atom stereocenters. The van der Waals surface area contributed by atoms with Gasteiger partial charge in [0, 0.05) is 19.0 Å². The summed E-state index contributed by atoms with van der Waals surface area (Å²) in [5.74, 6) is -0.438. The molecule has 1 aromatic heterocycles. The minimum atomic E-state index is -0.438. The van der Waals surface area contributed by atoms with Crippen LogP contribution in [0.1, 0.15) is 16.1 Å². The first-order chi connectivity index (χ1) is 7.69. The number of aromatic nitrogens is 2. The van der Waals surface area contributed by atoms with Gasteiger partial charge in [-0.1, -0.05) is 12.1 Å². The summed E-state index contributed by atoms with van der Waals surface area (Å²) in [7, 11) is 3.13. The number of nitrogens with zero attached hydrogens (tertiary/aromatic N) is 2. The van der Waals surface area contributed by atoms with Crippen molar-refractivity contribution in [2.24, 2.45) is 12.8 Å². The number of esters is 1. The Morgan fingerprint density at radius 3 is 2.94 bits per heavy atom. The predicted octanol–water partition coefficient (Wildman–Crippen LogP) is 0.819. The third-order valence-corrected chi connectivity index (χ3v) is 2.56. The first kappa shape index (κ1) is 10.6. The van der Waals surface area contributed by atoms with E-state index in [1.54, 1.807) is 11.7 Å². The minimum absolute atomic E-state index is 0.320. The second-order valence-corrected chi connectivity index (χ2v) is 3.48. The van der Waals surface area contributed by atoms with Gasteiger partial charge in [0.05, 0.1) is 12.6 Å². The van der Waals surface area contributed by atoms with E-state index in [2.05, 4.69) is 5.10 Å². The fourth-order valence-corrected chi connectivity index (χ4v) is 1.79. The third kappa shape index (κ3) is 1.45. The van der Waals surface area contributed by atoms with Gasteiger partial charge in [-0.3, -0.25) is 4.68 Å². The summed E-state index contributed by atoms with van der Waals surface area (Å²) in [4.78, 5) is 11.6. The zero-order valence-electron chi connectivity index (χ0n) is 9.23. The lowest BCUT2D eigenvalue weighted by Gasteiger charge is -2.00. The van der Waals surface area contributed by atoms with Crippen LogP contribution in [0.25, 0.3) is 10.9 Å². The van der Waals surface area contributed by atoms with Crippen molar-refractivity contribution in [3.63, 3.8) is 0 Å². The van der Waals surface area contributed by atoms with Crippen LogP contribution in [0.5, 0.6) is 0 Å². The van der Waals surface area contributed by atoms with Crippen LogP contribution in [0.4, 0.5) is 0 Å². The van der Waals surface area contributed by atoms with Gasteiger partial charge in [0.15, 0.2) is 5.69 Å². The fraction of sp³-hybridized carbons (Fsp3) is 0.273. The van der Waals surface area contributed by atoms with Crippen LogP contribution in [0.3, 0.4) is 0 Å². The number of nitrogens with two attached hydrogens (primary N) is 1. The Morgan fingerprint density at radius 1 is 1.56 bits per heavy atom. The van der Waals surface area contributed by atoms with Crippen molar-refractivity contribution < 1.29 is 9.53 Å². The predicted molar refractivity (Wildman–Crippen MR) is 59.9 cm³/mol. The van der Waals surface area contributed by atoms with Crippen molar-refractivity contribution in [1.29, 1.82) is 0 Å². The fourth-order valence-electron chi connectivity index (χ4n) is 1.79. The molecule has 2 aromatic rings. The Bertz CT molecular complexity index is 545. The Hall–Kier alpha value is -1.88. The molecule has 16 heavy (non-hydrogen) atoms. The minimum Gasteiger partial charge on any atom is -0.464 e. The summed E-state index contributed by atoms with van der Waals surface area (Å²) in [5.41, 5.74) is 7.74. The molecule has 0 spiro atoms. The number of benzene rings is 1. The molecule has 0 saturated carbocycles. The van der Waals surface area contributed by atoms with E-state index in [0.717, 1.165) is 16.5 Å². The summed E-state index contributed by atoms with van der Waals surface area (Å²) in [6, 6.07) is 5.68. The molecule has 84 valence electrons. The lowest BCUT2D eigenvalue weighted by molar-refractivity contribution is 0.0595. The van der Waals surface area contributed by atoms with Crippen molar-refractivity contribution in [2.45, 2.75) is 6.54 Å². The maximum Gasteiger partial charge on any atom is 0.359 e. The molecule has 0 aliphatic heterocycles. The Kier molecular flexibility index (Phi) is 2.62. The smallest absolute Gasteiger partial charge is 0.359 e. The normalized spacial score (nSPS) is 10.7. The van der Waals surface area contributed by atoms with E-state index >= 15 is 0 Å². The van der Waals surface area contributed by atoms with E-state index in [1.165, 1.54) is 7.11 Å². The second-order valence-electron chi connectivity index (χ2n) is 3.48. The molecule has 5 nitrogen and oxygen atoms in total. The molecule has 5 heteroatoms. The van der Waals surface area contributed by atoms with Gasteiger partial charge in [-0.2, -0.15) is 5.10 Å². The molecule has 0 amide bonds. The number of carbonyl (C=O) groups excluding carboxylic acids is 1. The number of aryl methyl sites for hydroxylation is 1. The lowest BCUT2D eigenvalue weighted by Crippen LogP contribution is -2.05. The molecule has 0 bridgehead atoms. The number of rotatable bonds is 2. The zero-order chi connectivity index (χ0) is 11.7. The van der Waals surface area contributed by atoms with Gasteiger partial charge in [-0.25, -0.2) is 4.79 Å². The monoisotopic (exact) mass is 219 g/mol. The van der Waals surface area contributed by atoms with Crippen LogP contribution in [0, 0.1) is 0 Å². The van der Waals surface area contributed by atoms with Crippen molar-refractivity contribution in [3.8, 4) is 0 Å². The molecule has 0 unspecified atom stereocenters. The van der Waals surface area contributed by atoms with Crippen LogP contribution in [0.15, 0.2) is 18.2 Å². The molecule has 0 fully saturated rings. The van der Waals surface area contributed by atoms with E-state index in [9.17, 15) is 4.79 Å². The number of ether oxygens (including phenoxy) is 1. The topological polar surface area (TPSA) is 70.1 Å². The number of fused-ring (bicyclic) bond motifs is 1.